The van der Waals surface area contributed by atoms with Crippen LogP contribution in [0.1, 0.15) is 0 Å². The summed E-state index contributed by atoms with van der Waals surface area (Å²) in [6, 6.07) is 12.8. The maximum Gasteiger partial charge on any atom is 0.573 e. The van der Waals surface area contributed by atoms with Crippen molar-refractivity contribution in [3.63, 3.8) is 0 Å². The first-order valence-electron chi connectivity index (χ1n) is 5.06. The highest BCUT2D eigenvalue weighted by Crippen LogP contribution is 2.35. The van der Waals surface area contributed by atoms with Crippen LogP contribution in [0.5, 0.6) is 5.75 Å². The lowest BCUT2D eigenvalue weighted by Crippen LogP contribution is -2.17. The third kappa shape index (κ3) is 3.17. The van der Waals surface area contributed by atoms with E-state index < -0.39 is 6.36 Å². The molecule has 0 bridgehead atoms. The van der Waals surface area contributed by atoms with Gasteiger partial charge in [-0.2, -0.15) is 0 Å². The first-order valence-corrected chi connectivity index (χ1v) is 5.44. The number of benzene rings is 2. The lowest BCUT2D eigenvalue weighted by Gasteiger charge is -2.13. The highest BCUT2D eigenvalue weighted by atomic mass is 35.5. The molecule has 0 unspecified atom stereocenters. The molecule has 0 radical (unpaired) electrons. The van der Waals surface area contributed by atoms with Gasteiger partial charge >= 0.3 is 6.36 Å². The van der Waals surface area contributed by atoms with Crippen molar-refractivity contribution >= 4 is 11.6 Å². The van der Waals surface area contributed by atoms with E-state index in [1.807, 2.05) is 0 Å². The topological polar surface area (TPSA) is 9.23 Å². The Morgan fingerprint density at radius 3 is 2.22 bits per heavy atom. The van der Waals surface area contributed by atoms with Crippen molar-refractivity contribution in [3.05, 3.63) is 53.6 Å². The van der Waals surface area contributed by atoms with E-state index in [4.69, 9.17) is 11.6 Å². The van der Waals surface area contributed by atoms with Gasteiger partial charge in [0, 0.05) is 10.6 Å². The van der Waals surface area contributed by atoms with Gasteiger partial charge in [-0.15, -0.1) is 13.2 Å². The molecule has 5 heteroatoms. The predicted molar refractivity (Wildman–Crippen MR) is 63.6 cm³/mol. The largest absolute Gasteiger partial charge is 0.573 e. The molecule has 0 amide bonds. The van der Waals surface area contributed by atoms with E-state index >= 15 is 0 Å². The molecule has 18 heavy (non-hydrogen) atoms. The molecule has 2 rings (SSSR count). The molecular formula is C13H8ClF3O. The van der Waals surface area contributed by atoms with Crippen LogP contribution in [-0.2, 0) is 0 Å². The molecule has 0 saturated heterocycles. The molecule has 0 fully saturated rings. The van der Waals surface area contributed by atoms with Gasteiger partial charge in [-0.3, -0.25) is 0 Å². The summed E-state index contributed by atoms with van der Waals surface area (Å²) in [6.07, 6.45) is -4.74. The number of halogens is 4. The maximum absolute atomic E-state index is 12.3. The Morgan fingerprint density at radius 2 is 1.61 bits per heavy atom. The average Bonchev–Trinajstić information content (AvgIpc) is 2.28. The Morgan fingerprint density at radius 1 is 0.944 bits per heavy atom. The maximum atomic E-state index is 12.3. The summed E-state index contributed by atoms with van der Waals surface area (Å²) in [5.74, 6) is -0.304. The quantitative estimate of drug-likeness (QED) is 0.755. The molecule has 0 aliphatic rings. The molecule has 0 aliphatic carbocycles. The van der Waals surface area contributed by atoms with Gasteiger partial charge in [0.25, 0.3) is 0 Å². The summed E-state index contributed by atoms with van der Waals surface area (Å²) in [7, 11) is 0. The molecule has 0 saturated carbocycles. The predicted octanol–water partition coefficient (Wildman–Crippen LogP) is 4.91. The SMILES string of the molecule is FC(F)(F)Oc1cc(Cl)ccc1-c1ccccc1. The third-order valence-corrected chi connectivity index (χ3v) is 2.49. The van der Waals surface area contributed by atoms with Crippen LogP contribution in [0.15, 0.2) is 48.5 Å². The number of hydrogen-bond acceptors (Lipinski definition) is 1. The Labute approximate surface area is 107 Å². The fourth-order valence-corrected chi connectivity index (χ4v) is 1.72. The minimum atomic E-state index is -4.74. The van der Waals surface area contributed by atoms with Crippen LogP contribution in [0, 0.1) is 0 Å². The van der Waals surface area contributed by atoms with Crippen LogP contribution >= 0.6 is 11.6 Å². The van der Waals surface area contributed by atoms with E-state index in [1.54, 1.807) is 30.3 Å². The average molecular weight is 273 g/mol. The zero-order valence-electron chi connectivity index (χ0n) is 9.04. The van der Waals surface area contributed by atoms with Gasteiger partial charge in [0.2, 0.25) is 0 Å². The fourth-order valence-electron chi connectivity index (χ4n) is 1.56. The zero-order valence-corrected chi connectivity index (χ0v) is 9.79. The highest BCUT2D eigenvalue weighted by Gasteiger charge is 2.32. The summed E-state index contributed by atoms with van der Waals surface area (Å²) in [5.41, 5.74) is 0.978. The third-order valence-electron chi connectivity index (χ3n) is 2.25. The normalized spacial score (nSPS) is 11.3. The highest BCUT2D eigenvalue weighted by molar-refractivity contribution is 6.30. The monoisotopic (exact) mass is 272 g/mol. The molecule has 2 aromatic carbocycles. The summed E-state index contributed by atoms with van der Waals surface area (Å²) in [6.45, 7) is 0. The van der Waals surface area contributed by atoms with Gasteiger partial charge in [-0.1, -0.05) is 41.9 Å². The van der Waals surface area contributed by atoms with E-state index in [9.17, 15) is 13.2 Å². The Hall–Kier alpha value is -1.68. The molecule has 0 aliphatic heterocycles. The fraction of sp³-hybridized carbons (Fsp3) is 0.0769. The van der Waals surface area contributed by atoms with Gasteiger partial charge in [-0.05, 0) is 23.8 Å². The smallest absolute Gasteiger partial charge is 0.405 e. The Bertz CT molecular complexity index is 538. The summed E-state index contributed by atoms with van der Waals surface area (Å²) >= 11 is 5.69. The van der Waals surface area contributed by atoms with Crippen molar-refractivity contribution in [1.29, 1.82) is 0 Å². The minimum Gasteiger partial charge on any atom is -0.405 e. The molecular weight excluding hydrogens is 265 g/mol. The van der Waals surface area contributed by atoms with Crippen LogP contribution in [0.25, 0.3) is 11.1 Å². The van der Waals surface area contributed by atoms with Crippen molar-refractivity contribution in [1.82, 2.24) is 0 Å². The Balaban J connectivity index is 2.47. The van der Waals surface area contributed by atoms with Crippen LogP contribution in [0.2, 0.25) is 5.02 Å². The van der Waals surface area contributed by atoms with Gasteiger partial charge in [0.15, 0.2) is 0 Å². The molecule has 0 heterocycles. The van der Waals surface area contributed by atoms with Crippen LogP contribution in [0.4, 0.5) is 13.2 Å². The second-order valence-corrected chi connectivity index (χ2v) is 3.99. The second kappa shape index (κ2) is 4.90. The Kier molecular flexibility index (Phi) is 3.48. The van der Waals surface area contributed by atoms with Crippen molar-refractivity contribution in [3.8, 4) is 16.9 Å². The van der Waals surface area contributed by atoms with E-state index in [0.717, 1.165) is 6.07 Å². The number of alkyl halides is 3. The lowest BCUT2D eigenvalue weighted by atomic mass is 10.1. The molecule has 0 aromatic heterocycles. The molecule has 0 N–H and O–H groups in total. The number of ether oxygens (including phenoxy) is 1. The van der Waals surface area contributed by atoms with Crippen LogP contribution in [-0.4, -0.2) is 6.36 Å². The van der Waals surface area contributed by atoms with E-state index in [2.05, 4.69) is 4.74 Å². The first kappa shape index (κ1) is 12.8. The van der Waals surface area contributed by atoms with Crippen LogP contribution < -0.4 is 4.74 Å². The summed E-state index contributed by atoms with van der Waals surface area (Å²) < 4.78 is 40.9. The lowest BCUT2D eigenvalue weighted by molar-refractivity contribution is -0.274. The standard InChI is InChI=1S/C13H8ClF3O/c14-10-6-7-11(9-4-2-1-3-5-9)12(8-10)18-13(15,16)17/h1-8H. The van der Waals surface area contributed by atoms with Crippen LogP contribution in [0.3, 0.4) is 0 Å². The number of hydrogen-bond donors (Lipinski definition) is 0. The summed E-state index contributed by atoms with van der Waals surface area (Å²) in [5, 5.41) is 0.189. The van der Waals surface area contributed by atoms with Crippen molar-refractivity contribution in [2.24, 2.45) is 0 Å². The van der Waals surface area contributed by atoms with Crippen molar-refractivity contribution in [2.45, 2.75) is 6.36 Å². The summed E-state index contributed by atoms with van der Waals surface area (Å²) in [4.78, 5) is 0. The van der Waals surface area contributed by atoms with E-state index in [1.165, 1.54) is 12.1 Å². The molecule has 0 atom stereocenters. The van der Waals surface area contributed by atoms with E-state index in [0.29, 0.717) is 11.1 Å². The van der Waals surface area contributed by atoms with Crippen molar-refractivity contribution in [2.75, 3.05) is 0 Å². The second-order valence-electron chi connectivity index (χ2n) is 3.55. The van der Waals surface area contributed by atoms with Gasteiger partial charge in [0.05, 0.1) is 0 Å². The molecule has 1 nitrogen and oxygen atoms in total. The van der Waals surface area contributed by atoms with E-state index in [-0.39, 0.29) is 10.8 Å². The van der Waals surface area contributed by atoms with Gasteiger partial charge in [0.1, 0.15) is 5.75 Å². The van der Waals surface area contributed by atoms with Gasteiger partial charge in [-0.25, -0.2) is 0 Å². The van der Waals surface area contributed by atoms with Gasteiger partial charge < -0.3 is 4.74 Å². The molecule has 2 aromatic rings. The van der Waals surface area contributed by atoms with Crippen molar-refractivity contribution < 1.29 is 17.9 Å². The molecule has 0 spiro atoms. The zero-order chi connectivity index (χ0) is 13.2. The molecule has 94 valence electrons. The number of rotatable bonds is 2. The minimum absolute atomic E-state index is 0.189. The first-order chi connectivity index (χ1) is 8.46.